The van der Waals surface area contributed by atoms with Crippen LogP contribution in [0.1, 0.15) is 6.92 Å². The van der Waals surface area contributed by atoms with Crippen LogP contribution >= 0.6 is 15.9 Å². The van der Waals surface area contributed by atoms with Gasteiger partial charge in [0, 0.05) is 16.7 Å². The van der Waals surface area contributed by atoms with Gasteiger partial charge in [0.1, 0.15) is 0 Å². The van der Waals surface area contributed by atoms with Gasteiger partial charge in [-0.2, -0.15) is 0 Å². The van der Waals surface area contributed by atoms with E-state index in [1.54, 1.807) is 0 Å². The van der Waals surface area contributed by atoms with E-state index < -0.39 is 0 Å². The van der Waals surface area contributed by atoms with Crippen molar-refractivity contribution >= 4 is 21.6 Å². The molecule has 0 fully saturated rings. The van der Waals surface area contributed by atoms with Gasteiger partial charge in [-0.3, -0.25) is 0 Å². The van der Waals surface area contributed by atoms with E-state index in [1.807, 2.05) is 12.1 Å². The fourth-order valence-electron chi connectivity index (χ4n) is 1.17. The van der Waals surface area contributed by atoms with Crippen molar-refractivity contribution in [3.63, 3.8) is 0 Å². The van der Waals surface area contributed by atoms with Crippen LogP contribution in [0.2, 0.25) is 0 Å². The fourth-order valence-corrected chi connectivity index (χ4v) is 1.56. The van der Waals surface area contributed by atoms with Crippen LogP contribution < -0.4 is 4.90 Å². The molecule has 0 heterocycles. The Kier molecular flexibility index (Phi) is 3.85. The summed E-state index contributed by atoms with van der Waals surface area (Å²) in [5.41, 5.74) is 1.16. The maximum atomic E-state index is 5.28. The molecule has 1 rings (SSSR count). The first-order chi connectivity index (χ1) is 6.27. The molecule has 0 saturated heterocycles. The minimum atomic E-state index is 0.660. The van der Waals surface area contributed by atoms with Crippen LogP contribution in [0.5, 0.6) is 0 Å². The molecule has 0 aliphatic carbocycles. The first-order valence-electron chi connectivity index (χ1n) is 4.22. The van der Waals surface area contributed by atoms with Crippen LogP contribution in [0, 0.1) is 12.3 Å². The summed E-state index contributed by atoms with van der Waals surface area (Å²) in [5.74, 6) is 2.65. The first-order valence-corrected chi connectivity index (χ1v) is 5.01. The van der Waals surface area contributed by atoms with Gasteiger partial charge < -0.3 is 4.90 Å². The van der Waals surface area contributed by atoms with Crippen LogP contribution in [-0.4, -0.2) is 13.1 Å². The zero-order chi connectivity index (χ0) is 9.68. The van der Waals surface area contributed by atoms with Crippen LogP contribution in [0.3, 0.4) is 0 Å². The lowest BCUT2D eigenvalue weighted by Gasteiger charge is -2.20. The molecule has 68 valence electrons. The molecule has 0 aliphatic heterocycles. The second-order valence-electron chi connectivity index (χ2n) is 2.70. The number of benzene rings is 1. The van der Waals surface area contributed by atoms with Crippen molar-refractivity contribution in [1.82, 2.24) is 0 Å². The Balaban J connectivity index is 2.86. The molecule has 0 aromatic heterocycles. The lowest BCUT2D eigenvalue weighted by atomic mass is 10.3. The highest BCUT2D eigenvalue weighted by atomic mass is 79.9. The normalized spacial score (nSPS) is 9.31. The number of rotatable bonds is 3. The molecule has 0 radical (unpaired) electrons. The predicted molar refractivity (Wildman–Crippen MR) is 60.9 cm³/mol. The largest absolute Gasteiger partial charge is 0.361 e. The lowest BCUT2D eigenvalue weighted by molar-refractivity contribution is 0.918. The Morgan fingerprint density at radius 2 is 2.31 bits per heavy atom. The van der Waals surface area contributed by atoms with E-state index in [0.717, 1.165) is 16.7 Å². The minimum absolute atomic E-state index is 0.660. The molecule has 0 N–H and O–H groups in total. The Morgan fingerprint density at radius 1 is 1.54 bits per heavy atom. The van der Waals surface area contributed by atoms with Gasteiger partial charge in [0.2, 0.25) is 0 Å². The van der Waals surface area contributed by atoms with Crippen molar-refractivity contribution in [2.24, 2.45) is 0 Å². The molecule has 0 aliphatic rings. The summed E-state index contributed by atoms with van der Waals surface area (Å²) < 4.78 is 1.08. The van der Waals surface area contributed by atoms with Crippen molar-refractivity contribution in [3.05, 3.63) is 28.7 Å². The van der Waals surface area contributed by atoms with E-state index in [9.17, 15) is 0 Å². The molecule has 0 unspecified atom stereocenters. The summed E-state index contributed by atoms with van der Waals surface area (Å²) in [6.07, 6.45) is 5.28. The van der Waals surface area contributed by atoms with Crippen molar-refractivity contribution < 1.29 is 0 Å². The molecule has 0 atom stereocenters. The Labute approximate surface area is 87.9 Å². The summed E-state index contributed by atoms with van der Waals surface area (Å²) in [7, 11) is 0. The lowest BCUT2D eigenvalue weighted by Crippen LogP contribution is -2.22. The molecule has 1 nitrogen and oxygen atoms in total. The average Bonchev–Trinajstić information content (AvgIpc) is 2.14. The number of hydrogen-bond donors (Lipinski definition) is 0. The van der Waals surface area contributed by atoms with E-state index >= 15 is 0 Å². The maximum absolute atomic E-state index is 5.28. The quantitative estimate of drug-likeness (QED) is 0.732. The Morgan fingerprint density at radius 3 is 2.85 bits per heavy atom. The predicted octanol–water partition coefficient (Wildman–Crippen LogP) is 2.91. The zero-order valence-corrected chi connectivity index (χ0v) is 9.21. The number of anilines is 1. The van der Waals surface area contributed by atoms with Gasteiger partial charge >= 0.3 is 0 Å². The summed E-state index contributed by atoms with van der Waals surface area (Å²) in [4.78, 5) is 2.14. The fraction of sp³-hybridized carbons (Fsp3) is 0.273. The third-order valence-electron chi connectivity index (χ3n) is 1.84. The van der Waals surface area contributed by atoms with Crippen molar-refractivity contribution in [3.8, 4) is 12.3 Å². The molecule has 1 aromatic carbocycles. The highest BCUT2D eigenvalue weighted by molar-refractivity contribution is 9.10. The van der Waals surface area contributed by atoms with Crippen LogP contribution in [0.4, 0.5) is 5.69 Å². The third-order valence-corrected chi connectivity index (χ3v) is 2.33. The third kappa shape index (κ3) is 2.78. The summed E-state index contributed by atoms with van der Waals surface area (Å²) in [6, 6.07) is 8.15. The average molecular weight is 238 g/mol. The summed E-state index contributed by atoms with van der Waals surface area (Å²) in [6.45, 7) is 3.69. The molecule has 0 saturated carbocycles. The van der Waals surface area contributed by atoms with E-state index in [-0.39, 0.29) is 0 Å². The van der Waals surface area contributed by atoms with Gasteiger partial charge in [-0.05, 0) is 25.1 Å². The second-order valence-corrected chi connectivity index (χ2v) is 3.61. The molecule has 0 amide bonds. The van der Waals surface area contributed by atoms with Crippen LogP contribution in [0.25, 0.3) is 0 Å². The highest BCUT2D eigenvalue weighted by Gasteiger charge is 2.01. The highest BCUT2D eigenvalue weighted by Crippen LogP contribution is 2.19. The topological polar surface area (TPSA) is 3.24 Å². The number of terminal acetylenes is 1. The first kappa shape index (κ1) is 10.1. The van der Waals surface area contributed by atoms with E-state index in [0.29, 0.717) is 6.54 Å². The van der Waals surface area contributed by atoms with Gasteiger partial charge in [0.05, 0.1) is 6.54 Å². The van der Waals surface area contributed by atoms with Crippen LogP contribution in [0.15, 0.2) is 28.7 Å². The van der Waals surface area contributed by atoms with Crippen molar-refractivity contribution in [2.75, 3.05) is 18.0 Å². The number of hydrogen-bond acceptors (Lipinski definition) is 1. The zero-order valence-electron chi connectivity index (χ0n) is 7.63. The van der Waals surface area contributed by atoms with E-state index in [1.165, 1.54) is 0 Å². The Bertz CT molecular complexity index is 314. The number of halogens is 1. The molecule has 13 heavy (non-hydrogen) atoms. The van der Waals surface area contributed by atoms with E-state index in [4.69, 9.17) is 6.42 Å². The van der Waals surface area contributed by atoms with Gasteiger partial charge in [-0.25, -0.2) is 0 Å². The van der Waals surface area contributed by atoms with Gasteiger partial charge in [0.25, 0.3) is 0 Å². The van der Waals surface area contributed by atoms with Crippen molar-refractivity contribution in [1.29, 1.82) is 0 Å². The molecule has 2 heteroatoms. The molecular formula is C11H12BrN. The second kappa shape index (κ2) is 4.94. The minimum Gasteiger partial charge on any atom is -0.361 e. The van der Waals surface area contributed by atoms with Gasteiger partial charge in [-0.15, -0.1) is 6.42 Å². The van der Waals surface area contributed by atoms with Crippen LogP contribution in [-0.2, 0) is 0 Å². The smallest absolute Gasteiger partial charge is 0.0791 e. The standard InChI is InChI=1S/C11H12BrN/c1-3-8-13(4-2)11-7-5-6-10(12)9-11/h1,5-7,9H,4,8H2,2H3. The summed E-state index contributed by atoms with van der Waals surface area (Å²) in [5, 5.41) is 0. The number of nitrogens with zero attached hydrogens (tertiary/aromatic N) is 1. The molecule has 0 spiro atoms. The summed E-state index contributed by atoms with van der Waals surface area (Å²) >= 11 is 3.43. The Hall–Kier alpha value is -0.940. The molecule has 0 bridgehead atoms. The van der Waals surface area contributed by atoms with Gasteiger partial charge in [0.15, 0.2) is 0 Å². The van der Waals surface area contributed by atoms with Crippen molar-refractivity contribution in [2.45, 2.75) is 6.92 Å². The SMILES string of the molecule is C#CCN(CC)c1cccc(Br)c1. The monoisotopic (exact) mass is 237 g/mol. The molecular weight excluding hydrogens is 226 g/mol. The molecule has 1 aromatic rings. The van der Waals surface area contributed by atoms with Gasteiger partial charge in [-0.1, -0.05) is 27.9 Å². The van der Waals surface area contributed by atoms with E-state index in [2.05, 4.69) is 45.8 Å². The maximum Gasteiger partial charge on any atom is 0.0791 e.